The van der Waals surface area contributed by atoms with Crippen molar-refractivity contribution in [3.63, 3.8) is 0 Å². The highest BCUT2D eigenvalue weighted by Gasteiger charge is 2.27. The van der Waals surface area contributed by atoms with Gasteiger partial charge in [-0.1, -0.05) is 6.92 Å². The summed E-state index contributed by atoms with van der Waals surface area (Å²) in [7, 11) is -3.37. The van der Waals surface area contributed by atoms with Gasteiger partial charge in [0, 0.05) is 6.04 Å². The number of hydrogen-bond acceptors (Lipinski definition) is 4. The zero-order valence-electron chi connectivity index (χ0n) is 10.2. The fourth-order valence-corrected chi connectivity index (χ4v) is 2.40. The first-order valence-electron chi connectivity index (χ1n) is 5.57. The maximum Gasteiger partial charge on any atom is 0.238 e. The highest BCUT2D eigenvalue weighted by Crippen LogP contribution is 2.04. The van der Waals surface area contributed by atoms with Crippen LogP contribution in [0.4, 0.5) is 0 Å². The lowest BCUT2D eigenvalue weighted by atomic mass is 10.2. The molecule has 3 N–H and O–H groups in total. The monoisotopic (exact) mass is 250 g/mol. The van der Waals surface area contributed by atoms with Gasteiger partial charge in [0.2, 0.25) is 5.91 Å². The third-order valence-electron chi connectivity index (χ3n) is 2.54. The van der Waals surface area contributed by atoms with E-state index in [-0.39, 0.29) is 11.8 Å². The Kier molecular flexibility index (Phi) is 6.59. The van der Waals surface area contributed by atoms with Crippen LogP contribution in [0.1, 0.15) is 33.6 Å². The summed E-state index contributed by atoms with van der Waals surface area (Å²) in [6, 6.07) is -0.000316. The Morgan fingerprint density at radius 3 is 2.38 bits per heavy atom. The fraction of sp³-hybridized carbons (Fsp3) is 0.900. The van der Waals surface area contributed by atoms with Gasteiger partial charge in [0.25, 0.3) is 0 Å². The van der Waals surface area contributed by atoms with Crippen molar-refractivity contribution in [2.75, 3.05) is 12.3 Å². The van der Waals surface area contributed by atoms with E-state index in [1.54, 1.807) is 0 Å². The number of nitrogens with one attached hydrogen (secondary N) is 1. The molecule has 5 nitrogen and oxygen atoms in total. The number of rotatable bonds is 7. The maximum atomic E-state index is 11.7. The zero-order valence-corrected chi connectivity index (χ0v) is 11.0. The van der Waals surface area contributed by atoms with Gasteiger partial charge >= 0.3 is 0 Å². The molecule has 0 bridgehead atoms. The molecule has 0 saturated heterocycles. The molecule has 0 saturated carbocycles. The topological polar surface area (TPSA) is 89.3 Å². The van der Waals surface area contributed by atoms with Crippen LogP contribution in [0.2, 0.25) is 0 Å². The van der Waals surface area contributed by atoms with Crippen molar-refractivity contribution in [3.8, 4) is 0 Å². The summed E-state index contributed by atoms with van der Waals surface area (Å²) >= 11 is 0. The average molecular weight is 250 g/mol. The van der Waals surface area contributed by atoms with Crippen LogP contribution in [0, 0.1) is 0 Å². The molecule has 6 heteroatoms. The molecular formula is C10H22N2O3S. The molecule has 0 aromatic rings. The van der Waals surface area contributed by atoms with Crippen LogP contribution in [-0.2, 0) is 14.6 Å². The van der Waals surface area contributed by atoms with Gasteiger partial charge in [-0.3, -0.25) is 4.79 Å². The third kappa shape index (κ3) is 4.94. The molecule has 0 heterocycles. The van der Waals surface area contributed by atoms with E-state index in [9.17, 15) is 13.2 Å². The predicted molar refractivity (Wildman–Crippen MR) is 64.8 cm³/mol. The molecule has 2 atom stereocenters. The van der Waals surface area contributed by atoms with Crippen LogP contribution in [-0.4, -0.2) is 37.9 Å². The van der Waals surface area contributed by atoms with Gasteiger partial charge in [-0.2, -0.15) is 0 Å². The van der Waals surface area contributed by atoms with Crippen molar-refractivity contribution in [2.45, 2.75) is 44.9 Å². The number of carbonyl (C=O) groups excluding carboxylic acids is 1. The molecule has 16 heavy (non-hydrogen) atoms. The summed E-state index contributed by atoms with van der Waals surface area (Å²) in [6.45, 7) is 5.51. The average Bonchev–Trinajstić information content (AvgIpc) is 2.24. The SMILES string of the molecule is CCC(C)NC(=O)C(C)S(=O)(=O)CCCN. The Bertz CT molecular complexity index is 314. The van der Waals surface area contributed by atoms with E-state index in [1.807, 2.05) is 13.8 Å². The summed E-state index contributed by atoms with van der Waals surface area (Å²) in [5.41, 5.74) is 5.25. The summed E-state index contributed by atoms with van der Waals surface area (Å²) in [5.74, 6) is -0.454. The van der Waals surface area contributed by atoms with Crippen molar-refractivity contribution in [2.24, 2.45) is 5.73 Å². The van der Waals surface area contributed by atoms with Crippen LogP contribution in [0.15, 0.2) is 0 Å². The Morgan fingerprint density at radius 2 is 1.94 bits per heavy atom. The van der Waals surface area contributed by atoms with Gasteiger partial charge in [0.05, 0.1) is 5.75 Å². The Labute approximate surface area is 97.7 Å². The second-order valence-corrected chi connectivity index (χ2v) is 6.41. The maximum absolute atomic E-state index is 11.7. The lowest BCUT2D eigenvalue weighted by Gasteiger charge is -2.16. The largest absolute Gasteiger partial charge is 0.353 e. The van der Waals surface area contributed by atoms with Gasteiger partial charge in [-0.05, 0) is 33.2 Å². The van der Waals surface area contributed by atoms with E-state index in [1.165, 1.54) is 6.92 Å². The van der Waals surface area contributed by atoms with E-state index in [0.717, 1.165) is 6.42 Å². The molecular weight excluding hydrogens is 228 g/mol. The summed E-state index contributed by atoms with van der Waals surface area (Å²) < 4.78 is 23.4. The second kappa shape index (κ2) is 6.85. The molecule has 96 valence electrons. The van der Waals surface area contributed by atoms with Crippen molar-refractivity contribution in [1.82, 2.24) is 5.32 Å². The molecule has 0 aromatic heterocycles. The van der Waals surface area contributed by atoms with Crippen molar-refractivity contribution >= 4 is 15.7 Å². The number of nitrogens with two attached hydrogens (primary N) is 1. The smallest absolute Gasteiger partial charge is 0.238 e. The minimum Gasteiger partial charge on any atom is -0.353 e. The Hall–Kier alpha value is -0.620. The van der Waals surface area contributed by atoms with E-state index in [0.29, 0.717) is 13.0 Å². The number of amides is 1. The lowest BCUT2D eigenvalue weighted by molar-refractivity contribution is -0.121. The quantitative estimate of drug-likeness (QED) is 0.668. The molecule has 0 radical (unpaired) electrons. The molecule has 0 aliphatic heterocycles. The highest BCUT2D eigenvalue weighted by atomic mass is 32.2. The van der Waals surface area contributed by atoms with E-state index >= 15 is 0 Å². The second-order valence-electron chi connectivity index (χ2n) is 3.97. The van der Waals surface area contributed by atoms with Crippen LogP contribution < -0.4 is 11.1 Å². The van der Waals surface area contributed by atoms with Crippen molar-refractivity contribution in [1.29, 1.82) is 0 Å². The molecule has 0 rings (SSSR count). The molecule has 2 unspecified atom stereocenters. The number of sulfone groups is 1. The first-order valence-corrected chi connectivity index (χ1v) is 7.28. The molecule has 0 spiro atoms. The van der Waals surface area contributed by atoms with Gasteiger partial charge in [-0.25, -0.2) is 8.42 Å². The van der Waals surface area contributed by atoms with E-state index in [4.69, 9.17) is 5.73 Å². The van der Waals surface area contributed by atoms with E-state index < -0.39 is 21.0 Å². The van der Waals surface area contributed by atoms with Crippen molar-refractivity contribution in [3.05, 3.63) is 0 Å². The fourth-order valence-electron chi connectivity index (χ4n) is 1.09. The summed E-state index contributed by atoms with van der Waals surface area (Å²) in [6.07, 6.45) is 1.17. The number of carbonyl (C=O) groups is 1. The zero-order chi connectivity index (χ0) is 12.8. The third-order valence-corrected chi connectivity index (χ3v) is 4.69. The highest BCUT2D eigenvalue weighted by molar-refractivity contribution is 7.92. The summed E-state index contributed by atoms with van der Waals surface area (Å²) in [4.78, 5) is 11.6. The molecule has 1 amide bonds. The number of hydrogen-bond donors (Lipinski definition) is 2. The minimum absolute atomic E-state index is 0.000316. The first-order chi connectivity index (χ1) is 7.35. The summed E-state index contributed by atoms with van der Waals surface area (Å²) in [5, 5.41) is 1.67. The standard InChI is InChI=1S/C10H22N2O3S/c1-4-8(2)12-10(13)9(3)16(14,15)7-5-6-11/h8-9H,4-7,11H2,1-3H3,(H,12,13). The van der Waals surface area contributed by atoms with Crippen LogP contribution in [0.25, 0.3) is 0 Å². The van der Waals surface area contributed by atoms with Gasteiger partial charge in [0.15, 0.2) is 9.84 Å². The molecule has 0 aliphatic carbocycles. The van der Waals surface area contributed by atoms with Gasteiger partial charge < -0.3 is 11.1 Å². The lowest BCUT2D eigenvalue weighted by Crippen LogP contribution is -2.42. The van der Waals surface area contributed by atoms with Crippen LogP contribution >= 0.6 is 0 Å². The Morgan fingerprint density at radius 1 is 1.38 bits per heavy atom. The molecule has 0 aliphatic rings. The first kappa shape index (κ1) is 15.4. The normalized spacial score (nSPS) is 15.5. The van der Waals surface area contributed by atoms with Crippen molar-refractivity contribution < 1.29 is 13.2 Å². The van der Waals surface area contributed by atoms with Gasteiger partial charge in [0.1, 0.15) is 5.25 Å². The van der Waals surface area contributed by atoms with Crippen LogP contribution in [0.5, 0.6) is 0 Å². The van der Waals surface area contributed by atoms with Crippen LogP contribution in [0.3, 0.4) is 0 Å². The van der Waals surface area contributed by atoms with Gasteiger partial charge in [-0.15, -0.1) is 0 Å². The molecule has 0 aromatic carbocycles. The minimum atomic E-state index is -3.37. The Balaban J connectivity index is 4.42. The van der Waals surface area contributed by atoms with E-state index in [2.05, 4.69) is 5.32 Å². The molecule has 0 fully saturated rings. The predicted octanol–water partition coefficient (Wildman–Crippen LogP) is 0.0532.